The van der Waals surface area contributed by atoms with Gasteiger partial charge in [0.15, 0.2) is 5.83 Å². The van der Waals surface area contributed by atoms with Gasteiger partial charge in [-0.3, -0.25) is 0 Å². The largest absolute Gasteiger partial charge is 0.429 e. The summed E-state index contributed by atoms with van der Waals surface area (Å²) in [6.45, 7) is 0.975. The van der Waals surface area contributed by atoms with Gasteiger partial charge in [0.25, 0.3) is 0 Å². The normalized spacial score (nSPS) is 12.4. The molecule has 0 bridgehead atoms. The highest BCUT2D eigenvalue weighted by molar-refractivity contribution is 6.30. The van der Waals surface area contributed by atoms with E-state index in [4.69, 9.17) is 11.6 Å². The van der Waals surface area contributed by atoms with Crippen LogP contribution in [-0.2, 0) is 6.11 Å². The molecule has 0 aliphatic heterocycles. The van der Waals surface area contributed by atoms with Gasteiger partial charge in [-0.25, -0.2) is 26.3 Å². The smallest absolute Gasteiger partial charge is 0.429 e. The molecule has 0 aliphatic carbocycles. The highest BCUT2D eigenvalue weighted by Crippen LogP contribution is 2.37. The van der Waals surface area contributed by atoms with E-state index in [1.807, 2.05) is 0 Å². The molecule has 0 saturated heterocycles. The third-order valence-electron chi connectivity index (χ3n) is 5.54. The second kappa shape index (κ2) is 10.5. The van der Waals surface area contributed by atoms with E-state index >= 15 is 0 Å². The van der Waals surface area contributed by atoms with Crippen molar-refractivity contribution in [1.29, 1.82) is 0 Å². The fourth-order valence-electron chi connectivity index (χ4n) is 3.65. The van der Waals surface area contributed by atoms with Crippen molar-refractivity contribution in [2.24, 2.45) is 0 Å². The molecule has 4 aromatic rings. The van der Waals surface area contributed by atoms with E-state index in [2.05, 4.69) is 4.74 Å². The minimum atomic E-state index is -4.33. The summed E-state index contributed by atoms with van der Waals surface area (Å²) in [5.41, 5.74) is -0.567. The first-order chi connectivity index (χ1) is 17.9. The lowest BCUT2D eigenvalue weighted by molar-refractivity contribution is -0.187. The molecule has 0 N–H and O–H groups in total. The quantitative estimate of drug-likeness (QED) is 0.170. The maximum atomic E-state index is 14.9. The maximum Gasteiger partial charge on any atom is 0.429 e. The van der Waals surface area contributed by atoms with Gasteiger partial charge in [0.05, 0.1) is 5.56 Å². The van der Waals surface area contributed by atoms with Gasteiger partial charge in [-0.05, 0) is 41.8 Å². The number of hydrogen-bond acceptors (Lipinski definition) is 1. The van der Waals surface area contributed by atoms with Gasteiger partial charge >= 0.3 is 6.11 Å². The summed E-state index contributed by atoms with van der Waals surface area (Å²) in [7, 11) is 0. The Morgan fingerprint density at radius 1 is 0.684 bits per heavy atom. The average Bonchev–Trinajstić information content (AvgIpc) is 2.86. The van der Waals surface area contributed by atoms with Crippen LogP contribution in [-0.4, -0.2) is 0 Å². The van der Waals surface area contributed by atoms with Crippen LogP contribution in [0.4, 0.5) is 35.1 Å². The lowest BCUT2D eigenvalue weighted by atomic mass is 9.98. The van der Waals surface area contributed by atoms with Crippen molar-refractivity contribution >= 4 is 17.4 Å². The van der Waals surface area contributed by atoms with Crippen molar-refractivity contribution < 1.29 is 39.9 Å². The average molecular weight is 555 g/mol. The van der Waals surface area contributed by atoms with Crippen LogP contribution in [0.5, 0.6) is 5.75 Å². The van der Waals surface area contributed by atoms with Crippen LogP contribution in [0.15, 0.2) is 78.6 Å². The zero-order valence-electron chi connectivity index (χ0n) is 19.2. The molecule has 0 heterocycles. The van der Waals surface area contributed by atoms with E-state index in [0.717, 1.165) is 19.1 Å². The van der Waals surface area contributed by atoms with E-state index in [1.54, 1.807) is 0 Å². The van der Waals surface area contributed by atoms with Crippen LogP contribution in [0.2, 0.25) is 5.02 Å². The van der Waals surface area contributed by atoms with Crippen LogP contribution < -0.4 is 4.74 Å². The van der Waals surface area contributed by atoms with E-state index < -0.39 is 57.4 Å². The zero-order chi connectivity index (χ0) is 27.8. The van der Waals surface area contributed by atoms with E-state index in [9.17, 15) is 35.1 Å². The number of hydrogen-bond donors (Lipinski definition) is 0. The molecule has 0 radical (unpaired) electrons. The summed E-state index contributed by atoms with van der Waals surface area (Å²) in [6, 6.07) is 12.7. The Balaban J connectivity index is 1.59. The van der Waals surface area contributed by atoms with Crippen molar-refractivity contribution in [3.05, 3.63) is 118 Å². The molecule has 0 aromatic heterocycles. The second-order valence-electron chi connectivity index (χ2n) is 8.13. The third kappa shape index (κ3) is 5.52. The molecule has 0 spiro atoms. The molecule has 4 rings (SSSR count). The molecule has 10 heteroatoms. The Hall–Kier alpha value is -3.85. The highest BCUT2D eigenvalue weighted by Gasteiger charge is 2.38. The van der Waals surface area contributed by atoms with Gasteiger partial charge in [-0.2, -0.15) is 8.78 Å². The van der Waals surface area contributed by atoms with Crippen LogP contribution in [0.3, 0.4) is 0 Å². The van der Waals surface area contributed by atoms with Gasteiger partial charge < -0.3 is 4.74 Å². The molecule has 0 unspecified atom stereocenters. The minimum Gasteiger partial charge on any atom is -0.429 e. The topological polar surface area (TPSA) is 9.23 Å². The first-order valence-electron chi connectivity index (χ1n) is 10.8. The molecule has 0 atom stereocenters. The van der Waals surface area contributed by atoms with Crippen molar-refractivity contribution in [2.75, 3.05) is 0 Å². The predicted molar refractivity (Wildman–Crippen MR) is 128 cm³/mol. The number of allylic oxidation sites excluding steroid dienone is 1. The lowest BCUT2D eigenvalue weighted by Gasteiger charge is -2.19. The van der Waals surface area contributed by atoms with E-state index in [1.165, 1.54) is 36.4 Å². The number of rotatable bonds is 6. The number of benzene rings is 4. The first kappa shape index (κ1) is 27.2. The Labute approximate surface area is 216 Å². The molecule has 38 heavy (non-hydrogen) atoms. The molecule has 196 valence electrons. The van der Waals surface area contributed by atoms with Crippen LogP contribution in [0.1, 0.15) is 18.1 Å². The molecule has 0 fully saturated rings. The fraction of sp³-hybridized carbons (Fsp3) is 0.0714. The Bertz CT molecular complexity index is 1520. The minimum absolute atomic E-state index is 0.00789. The Morgan fingerprint density at radius 3 is 1.79 bits per heavy atom. The van der Waals surface area contributed by atoms with Gasteiger partial charge in [0.2, 0.25) is 0 Å². The summed E-state index contributed by atoms with van der Waals surface area (Å²) in [6.07, 6.45) is -4.33. The van der Waals surface area contributed by atoms with Crippen molar-refractivity contribution in [2.45, 2.75) is 13.0 Å². The van der Waals surface area contributed by atoms with Gasteiger partial charge in [-0.15, -0.1) is 0 Å². The molecular formula is C28H15ClF8O. The molecule has 0 aliphatic rings. The van der Waals surface area contributed by atoms with Gasteiger partial charge in [-0.1, -0.05) is 54.1 Å². The summed E-state index contributed by atoms with van der Waals surface area (Å²) in [5.74, 6) is -7.88. The van der Waals surface area contributed by atoms with Crippen molar-refractivity contribution in [1.82, 2.24) is 0 Å². The number of halogens is 9. The van der Waals surface area contributed by atoms with Crippen LogP contribution in [0.25, 0.3) is 28.1 Å². The maximum absolute atomic E-state index is 14.9. The van der Waals surface area contributed by atoms with Gasteiger partial charge in [0.1, 0.15) is 39.9 Å². The lowest BCUT2D eigenvalue weighted by Crippen LogP contribution is -2.23. The molecule has 4 aromatic carbocycles. The fourth-order valence-corrected chi connectivity index (χ4v) is 3.76. The van der Waals surface area contributed by atoms with E-state index in [-0.39, 0.29) is 16.7 Å². The Kier molecular flexibility index (Phi) is 7.51. The Morgan fingerprint density at radius 2 is 1.24 bits per heavy atom. The van der Waals surface area contributed by atoms with Crippen molar-refractivity contribution in [3.8, 4) is 28.0 Å². The second-order valence-corrected chi connectivity index (χ2v) is 8.51. The van der Waals surface area contributed by atoms with Crippen molar-refractivity contribution in [3.63, 3.8) is 0 Å². The third-order valence-corrected chi connectivity index (χ3v) is 5.90. The summed E-state index contributed by atoms with van der Waals surface area (Å²) >= 11 is 5.31. The number of alkyl halides is 2. The van der Waals surface area contributed by atoms with Crippen LogP contribution in [0, 0.1) is 23.3 Å². The first-order valence-corrected chi connectivity index (χ1v) is 11.2. The predicted octanol–water partition coefficient (Wildman–Crippen LogP) is 9.99. The molecular weight excluding hydrogens is 540 g/mol. The highest BCUT2D eigenvalue weighted by atomic mass is 35.5. The molecule has 0 amide bonds. The monoisotopic (exact) mass is 554 g/mol. The van der Waals surface area contributed by atoms with Crippen LogP contribution >= 0.6 is 11.6 Å². The summed E-state index contributed by atoms with van der Waals surface area (Å²) < 4.78 is 117. The van der Waals surface area contributed by atoms with Gasteiger partial charge in [0, 0.05) is 23.3 Å². The summed E-state index contributed by atoms with van der Waals surface area (Å²) in [4.78, 5) is 0. The molecule has 0 saturated carbocycles. The molecule has 1 nitrogen and oxygen atoms in total. The zero-order valence-corrected chi connectivity index (χ0v) is 20.0. The summed E-state index contributed by atoms with van der Waals surface area (Å²) in [5, 5.41) is -0.917. The standard InChI is InChI=1S/C28H15ClF8O/c1-14(30)27(35)16-4-2-15(3-5-16)17-6-8-20(22(31)10-17)18-7-9-21(23(32)11-18)28(36,37)38-19-12-24(33)26(29)25(34)13-19/h2-13H,1H3/b27-14+. The SMILES string of the molecule is C/C(F)=C(\F)c1ccc(-c2ccc(-c3ccc(C(F)(F)Oc4cc(F)c(Cl)c(F)c4)c(F)c3)c(F)c2)cc1. The number of ether oxygens (including phenoxy) is 1. The van der Waals surface area contributed by atoms with E-state index in [0.29, 0.717) is 35.4 Å².